The van der Waals surface area contributed by atoms with E-state index in [2.05, 4.69) is 60.3 Å². The Hall–Kier alpha value is -1.65. The summed E-state index contributed by atoms with van der Waals surface area (Å²) in [7, 11) is 0. The van der Waals surface area contributed by atoms with Crippen molar-refractivity contribution in [2.24, 2.45) is 5.92 Å². The lowest BCUT2D eigenvalue weighted by atomic mass is 10.2. The van der Waals surface area contributed by atoms with Gasteiger partial charge in [-0.25, -0.2) is 4.98 Å². The van der Waals surface area contributed by atoms with E-state index in [0.29, 0.717) is 5.92 Å². The fourth-order valence-electron chi connectivity index (χ4n) is 2.39. The summed E-state index contributed by atoms with van der Waals surface area (Å²) in [6.45, 7) is 7.27. The average molecular weight is 299 g/mol. The molecule has 1 aromatic carbocycles. The largest absolute Gasteiger partial charge is 0.343 e. The molecule has 0 spiro atoms. The monoisotopic (exact) mass is 299 g/mol. The summed E-state index contributed by atoms with van der Waals surface area (Å²) in [6.07, 6.45) is 2.14. The number of aromatic nitrogens is 2. The Labute approximate surface area is 129 Å². The first-order chi connectivity index (χ1) is 10.2. The third kappa shape index (κ3) is 3.52. The molecule has 0 bridgehead atoms. The van der Waals surface area contributed by atoms with Crippen molar-refractivity contribution < 1.29 is 0 Å². The summed E-state index contributed by atoms with van der Waals surface area (Å²) >= 11 is 1.78. The standard InChI is InChI=1S/C17H21N3S/c1-13(2)10-18-11-14-6-5-9-20(14)12-17-19-15-7-3-4-8-16(15)21-17/h3-9,13,18H,10-12H2,1-2H3. The van der Waals surface area contributed by atoms with Crippen molar-refractivity contribution >= 4 is 21.6 Å². The molecule has 0 radical (unpaired) electrons. The van der Waals surface area contributed by atoms with Gasteiger partial charge < -0.3 is 9.88 Å². The summed E-state index contributed by atoms with van der Waals surface area (Å²) in [5.41, 5.74) is 2.42. The van der Waals surface area contributed by atoms with Gasteiger partial charge >= 0.3 is 0 Å². The summed E-state index contributed by atoms with van der Waals surface area (Å²) in [5.74, 6) is 0.678. The molecule has 0 unspecified atom stereocenters. The van der Waals surface area contributed by atoms with Crippen LogP contribution in [-0.4, -0.2) is 16.1 Å². The van der Waals surface area contributed by atoms with Crippen LogP contribution in [-0.2, 0) is 13.1 Å². The van der Waals surface area contributed by atoms with Gasteiger partial charge in [0.2, 0.25) is 0 Å². The molecule has 0 saturated carbocycles. The number of benzene rings is 1. The summed E-state index contributed by atoms with van der Waals surface area (Å²) < 4.78 is 3.55. The zero-order valence-electron chi connectivity index (χ0n) is 12.5. The maximum absolute atomic E-state index is 4.71. The fraction of sp³-hybridized carbons (Fsp3) is 0.353. The van der Waals surface area contributed by atoms with Gasteiger partial charge in [-0.15, -0.1) is 11.3 Å². The van der Waals surface area contributed by atoms with Crippen molar-refractivity contribution in [2.45, 2.75) is 26.9 Å². The molecule has 3 rings (SSSR count). The second kappa shape index (κ2) is 6.41. The molecular weight excluding hydrogens is 278 g/mol. The Morgan fingerprint density at radius 3 is 2.86 bits per heavy atom. The van der Waals surface area contributed by atoms with Crippen LogP contribution in [0.1, 0.15) is 24.5 Å². The van der Waals surface area contributed by atoms with E-state index in [1.54, 1.807) is 11.3 Å². The highest BCUT2D eigenvalue weighted by molar-refractivity contribution is 7.18. The van der Waals surface area contributed by atoms with Crippen molar-refractivity contribution in [3.63, 3.8) is 0 Å². The Morgan fingerprint density at radius 2 is 2.05 bits per heavy atom. The van der Waals surface area contributed by atoms with Crippen LogP contribution < -0.4 is 5.32 Å². The van der Waals surface area contributed by atoms with Crippen LogP contribution in [0, 0.1) is 5.92 Å². The van der Waals surface area contributed by atoms with E-state index in [4.69, 9.17) is 4.98 Å². The van der Waals surface area contributed by atoms with Gasteiger partial charge in [0.05, 0.1) is 16.8 Å². The molecule has 0 saturated heterocycles. The molecule has 3 nitrogen and oxygen atoms in total. The number of hydrogen-bond acceptors (Lipinski definition) is 3. The Bertz CT molecular complexity index is 678. The Morgan fingerprint density at radius 1 is 1.19 bits per heavy atom. The minimum absolute atomic E-state index is 0.678. The molecule has 2 aromatic heterocycles. The second-order valence-corrected chi connectivity index (χ2v) is 6.84. The van der Waals surface area contributed by atoms with Gasteiger partial charge in [0, 0.05) is 18.4 Å². The van der Waals surface area contributed by atoms with E-state index in [9.17, 15) is 0 Å². The number of rotatable bonds is 6. The highest BCUT2D eigenvalue weighted by Gasteiger charge is 2.06. The molecule has 0 amide bonds. The Kier molecular flexibility index (Phi) is 4.36. The number of para-hydroxylation sites is 1. The van der Waals surface area contributed by atoms with Crippen molar-refractivity contribution in [1.29, 1.82) is 0 Å². The number of nitrogens with one attached hydrogen (secondary N) is 1. The van der Waals surface area contributed by atoms with E-state index >= 15 is 0 Å². The maximum atomic E-state index is 4.71. The zero-order chi connectivity index (χ0) is 14.7. The van der Waals surface area contributed by atoms with Crippen LogP contribution in [0.4, 0.5) is 0 Å². The van der Waals surface area contributed by atoms with Crippen LogP contribution in [0.3, 0.4) is 0 Å². The predicted molar refractivity (Wildman–Crippen MR) is 89.7 cm³/mol. The molecule has 1 N–H and O–H groups in total. The molecule has 0 aliphatic carbocycles. The lowest BCUT2D eigenvalue weighted by Crippen LogP contribution is -2.20. The molecule has 0 aliphatic rings. The predicted octanol–water partition coefficient (Wildman–Crippen LogP) is 3.89. The van der Waals surface area contributed by atoms with Gasteiger partial charge in [-0.05, 0) is 36.7 Å². The number of fused-ring (bicyclic) bond motifs is 1. The van der Waals surface area contributed by atoms with Gasteiger partial charge in [0.25, 0.3) is 0 Å². The molecule has 3 aromatic rings. The van der Waals surface area contributed by atoms with Gasteiger partial charge in [-0.2, -0.15) is 0 Å². The highest BCUT2D eigenvalue weighted by Crippen LogP contribution is 2.22. The smallest absolute Gasteiger partial charge is 0.114 e. The maximum Gasteiger partial charge on any atom is 0.114 e. The minimum atomic E-state index is 0.678. The van der Waals surface area contributed by atoms with Crippen LogP contribution >= 0.6 is 11.3 Å². The second-order valence-electron chi connectivity index (χ2n) is 5.73. The lowest BCUT2D eigenvalue weighted by Gasteiger charge is -2.10. The quantitative estimate of drug-likeness (QED) is 0.748. The topological polar surface area (TPSA) is 29.9 Å². The van der Waals surface area contributed by atoms with E-state index in [1.165, 1.54) is 10.4 Å². The third-order valence-electron chi connectivity index (χ3n) is 3.43. The zero-order valence-corrected chi connectivity index (χ0v) is 13.4. The van der Waals surface area contributed by atoms with E-state index in [0.717, 1.165) is 30.2 Å². The normalized spacial score (nSPS) is 11.6. The van der Waals surface area contributed by atoms with Crippen LogP contribution in [0.15, 0.2) is 42.6 Å². The summed E-state index contributed by atoms with van der Waals surface area (Å²) in [4.78, 5) is 4.71. The number of hydrogen-bond donors (Lipinski definition) is 1. The van der Waals surface area contributed by atoms with Gasteiger partial charge in [-0.3, -0.25) is 0 Å². The molecule has 0 fully saturated rings. The molecule has 21 heavy (non-hydrogen) atoms. The van der Waals surface area contributed by atoms with Crippen LogP contribution in [0.5, 0.6) is 0 Å². The van der Waals surface area contributed by atoms with Gasteiger partial charge in [0.15, 0.2) is 0 Å². The minimum Gasteiger partial charge on any atom is -0.343 e. The molecule has 0 aliphatic heterocycles. The molecule has 2 heterocycles. The summed E-state index contributed by atoms with van der Waals surface area (Å²) in [5, 5.41) is 4.67. The van der Waals surface area contributed by atoms with Crippen LogP contribution in [0.2, 0.25) is 0 Å². The third-order valence-corrected chi connectivity index (χ3v) is 4.45. The highest BCUT2D eigenvalue weighted by atomic mass is 32.1. The van der Waals surface area contributed by atoms with Crippen LogP contribution in [0.25, 0.3) is 10.2 Å². The first-order valence-electron chi connectivity index (χ1n) is 7.41. The Balaban J connectivity index is 1.71. The van der Waals surface area contributed by atoms with E-state index < -0.39 is 0 Å². The lowest BCUT2D eigenvalue weighted by molar-refractivity contribution is 0.539. The van der Waals surface area contributed by atoms with Crippen molar-refractivity contribution in [3.8, 4) is 0 Å². The summed E-state index contributed by atoms with van der Waals surface area (Å²) in [6, 6.07) is 12.6. The number of thiazole rings is 1. The number of nitrogens with zero attached hydrogens (tertiary/aromatic N) is 2. The fourth-order valence-corrected chi connectivity index (χ4v) is 3.35. The molecule has 110 valence electrons. The van der Waals surface area contributed by atoms with Gasteiger partial charge in [-0.1, -0.05) is 26.0 Å². The van der Waals surface area contributed by atoms with Gasteiger partial charge in [0.1, 0.15) is 5.01 Å². The first-order valence-corrected chi connectivity index (χ1v) is 8.23. The molecule has 4 heteroatoms. The molecule has 0 atom stereocenters. The van der Waals surface area contributed by atoms with E-state index in [-0.39, 0.29) is 0 Å². The van der Waals surface area contributed by atoms with Crippen molar-refractivity contribution in [1.82, 2.24) is 14.9 Å². The van der Waals surface area contributed by atoms with Crippen molar-refractivity contribution in [2.75, 3.05) is 6.54 Å². The average Bonchev–Trinajstić information content (AvgIpc) is 3.05. The SMILES string of the molecule is CC(C)CNCc1cccn1Cc1nc2ccccc2s1. The first kappa shape index (κ1) is 14.3. The molecular formula is C17H21N3S. The van der Waals surface area contributed by atoms with Crippen molar-refractivity contribution in [3.05, 3.63) is 53.3 Å². The van der Waals surface area contributed by atoms with E-state index in [1.807, 2.05) is 6.07 Å².